The minimum absolute atomic E-state index is 0.0253. The van der Waals surface area contributed by atoms with Crippen molar-refractivity contribution in [2.24, 2.45) is 10.7 Å². The van der Waals surface area contributed by atoms with Crippen molar-refractivity contribution in [3.8, 4) is 11.5 Å². The number of hydrogen-bond donors (Lipinski definition) is 1. The van der Waals surface area contributed by atoms with E-state index >= 15 is 0 Å². The lowest BCUT2D eigenvalue weighted by molar-refractivity contribution is -0.114. The van der Waals surface area contributed by atoms with Gasteiger partial charge in [-0.15, -0.1) is 0 Å². The van der Waals surface area contributed by atoms with Gasteiger partial charge in [0.25, 0.3) is 0 Å². The topological polar surface area (TPSA) is 77.2 Å². The minimum Gasteiger partial charge on any atom is -0.493 e. The van der Waals surface area contributed by atoms with E-state index in [0.29, 0.717) is 35.1 Å². The zero-order chi connectivity index (χ0) is 15.7. The van der Waals surface area contributed by atoms with Crippen molar-refractivity contribution < 1.29 is 14.3 Å². The fourth-order valence-corrected chi connectivity index (χ4v) is 2.55. The quantitative estimate of drug-likeness (QED) is 0.917. The SMILES string of the molecule is COc1ccc(N2C=CC3=C(C2)C(=O)CC(N)=N3)cc1OC. The molecule has 2 N–H and O–H groups in total. The van der Waals surface area contributed by atoms with Crippen LogP contribution in [0.1, 0.15) is 6.42 Å². The van der Waals surface area contributed by atoms with Crippen molar-refractivity contribution >= 4 is 17.3 Å². The van der Waals surface area contributed by atoms with Crippen LogP contribution in [0.15, 0.2) is 46.7 Å². The number of carbonyl (C=O) groups is 1. The first-order chi connectivity index (χ1) is 10.6. The number of hydrogen-bond acceptors (Lipinski definition) is 6. The molecular formula is C16H17N3O3. The average Bonchev–Trinajstić information content (AvgIpc) is 2.53. The summed E-state index contributed by atoms with van der Waals surface area (Å²) in [6.07, 6.45) is 3.88. The predicted molar refractivity (Wildman–Crippen MR) is 84.3 cm³/mol. The van der Waals surface area contributed by atoms with Crippen molar-refractivity contribution in [1.82, 2.24) is 0 Å². The summed E-state index contributed by atoms with van der Waals surface area (Å²) in [6, 6.07) is 5.63. The third-order valence-electron chi connectivity index (χ3n) is 3.69. The second-order valence-corrected chi connectivity index (χ2v) is 5.05. The summed E-state index contributed by atoms with van der Waals surface area (Å²) in [5, 5.41) is 0. The normalized spacial score (nSPS) is 17.3. The molecule has 0 atom stereocenters. The number of Topliss-reactive ketones (excluding diaryl/α,β-unsaturated/α-hetero) is 1. The molecule has 0 amide bonds. The number of carbonyl (C=O) groups excluding carboxylic acids is 1. The molecule has 0 spiro atoms. The van der Waals surface area contributed by atoms with Gasteiger partial charge in [-0.3, -0.25) is 4.79 Å². The third-order valence-corrected chi connectivity index (χ3v) is 3.69. The van der Waals surface area contributed by atoms with E-state index < -0.39 is 0 Å². The Labute approximate surface area is 128 Å². The maximum atomic E-state index is 12.1. The molecule has 0 saturated heterocycles. The molecule has 3 rings (SSSR count). The number of rotatable bonds is 3. The van der Waals surface area contributed by atoms with Gasteiger partial charge in [0.2, 0.25) is 0 Å². The molecule has 0 fully saturated rings. The van der Waals surface area contributed by atoms with Crippen LogP contribution in [0.5, 0.6) is 11.5 Å². The fraction of sp³-hybridized carbons (Fsp3) is 0.250. The van der Waals surface area contributed by atoms with E-state index in [1.165, 1.54) is 0 Å². The maximum absolute atomic E-state index is 12.1. The summed E-state index contributed by atoms with van der Waals surface area (Å²) >= 11 is 0. The van der Waals surface area contributed by atoms with Crippen LogP contribution in [-0.2, 0) is 4.79 Å². The molecule has 2 aliphatic rings. The van der Waals surface area contributed by atoms with Gasteiger partial charge in [0, 0.05) is 23.5 Å². The van der Waals surface area contributed by atoms with Gasteiger partial charge in [-0.05, 0) is 18.2 Å². The lowest BCUT2D eigenvalue weighted by atomic mass is 10.00. The van der Waals surface area contributed by atoms with Crippen LogP contribution in [0.4, 0.5) is 5.69 Å². The Bertz CT molecular complexity index is 719. The molecule has 2 heterocycles. The highest BCUT2D eigenvalue weighted by Crippen LogP contribution is 2.33. The molecule has 0 unspecified atom stereocenters. The van der Waals surface area contributed by atoms with E-state index in [-0.39, 0.29) is 12.2 Å². The standard InChI is InChI=1S/C16H17N3O3/c1-21-14-4-3-10(7-15(14)22-2)19-6-5-12-11(9-19)13(20)8-16(17)18-12/h3-7H,8-9H2,1-2H3,(H2,17,18). The first-order valence-corrected chi connectivity index (χ1v) is 6.88. The summed E-state index contributed by atoms with van der Waals surface area (Å²) in [7, 11) is 3.19. The van der Waals surface area contributed by atoms with Gasteiger partial charge in [-0.25, -0.2) is 4.99 Å². The number of benzene rings is 1. The van der Waals surface area contributed by atoms with Crippen molar-refractivity contribution in [1.29, 1.82) is 0 Å². The van der Waals surface area contributed by atoms with Gasteiger partial charge < -0.3 is 20.1 Å². The average molecular weight is 299 g/mol. The molecule has 1 aromatic rings. The van der Waals surface area contributed by atoms with E-state index in [0.717, 1.165) is 5.69 Å². The Balaban J connectivity index is 1.90. The van der Waals surface area contributed by atoms with Gasteiger partial charge in [0.05, 0.1) is 32.9 Å². The Morgan fingerprint density at radius 1 is 1.23 bits per heavy atom. The highest BCUT2D eigenvalue weighted by Gasteiger charge is 2.25. The van der Waals surface area contributed by atoms with Crippen LogP contribution < -0.4 is 20.1 Å². The van der Waals surface area contributed by atoms with Gasteiger partial charge in [0.15, 0.2) is 17.3 Å². The van der Waals surface area contributed by atoms with E-state index in [9.17, 15) is 4.79 Å². The molecule has 0 bridgehead atoms. The lowest BCUT2D eigenvalue weighted by Crippen LogP contribution is -2.31. The van der Waals surface area contributed by atoms with Gasteiger partial charge in [-0.1, -0.05) is 0 Å². The first-order valence-electron chi connectivity index (χ1n) is 6.88. The number of aliphatic imine (C=N–C) groups is 1. The number of nitrogens with two attached hydrogens (primary N) is 1. The highest BCUT2D eigenvalue weighted by atomic mass is 16.5. The van der Waals surface area contributed by atoms with E-state index in [1.807, 2.05) is 29.3 Å². The van der Waals surface area contributed by atoms with E-state index in [2.05, 4.69) is 4.99 Å². The molecule has 0 saturated carbocycles. The molecule has 6 heteroatoms. The van der Waals surface area contributed by atoms with Crippen molar-refractivity contribution in [3.05, 3.63) is 41.7 Å². The maximum Gasteiger partial charge on any atom is 0.170 e. The van der Waals surface area contributed by atoms with Crippen LogP contribution >= 0.6 is 0 Å². The van der Waals surface area contributed by atoms with Crippen LogP contribution in [0.25, 0.3) is 0 Å². The molecule has 6 nitrogen and oxygen atoms in total. The van der Waals surface area contributed by atoms with Gasteiger partial charge in [-0.2, -0.15) is 0 Å². The summed E-state index contributed by atoms with van der Waals surface area (Å²) in [6.45, 7) is 0.469. The molecule has 0 aliphatic carbocycles. The summed E-state index contributed by atoms with van der Waals surface area (Å²) < 4.78 is 10.6. The van der Waals surface area contributed by atoms with Crippen LogP contribution in [0.3, 0.4) is 0 Å². The molecule has 0 aromatic heterocycles. The number of nitrogens with zero attached hydrogens (tertiary/aromatic N) is 2. The van der Waals surface area contributed by atoms with Crippen molar-refractivity contribution in [2.45, 2.75) is 6.42 Å². The summed E-state index contributed by atoms with van der Waals surface area (Å²) in [5.74, 6) is 1.70. The number of amidine groups is 1. The zero-order valence-corrected chi connectivity index (χ0v) is 12.5. The van der Waals surface area contributed by atoms with E-state index in [4.69, 9.17) is 15.2 Å². The molecule has 22 heavy (non-hydrogen) atoms. The first kappa shape index (κ1) is 14.2. The Morgan fingerprint density at radius 3 is 2.73 bits per heavy atom. The number of allylic oxidation sites excluding steroid dienone is 1. The minimum atomic E-state index is 0.0253. The fourth-order valence-electron chi connectivity index (χ4n) is 2.55. The van der Waals surface area contributed by atoms with Crippen molar-refractivity contribution in [3.63, 3.8) is 0 Å². The summed E-state index contributed by atoms with van der Waals surface area (Å²) in [4.78, 5) is 18.3. The summed E-state index contributed by atoms with van der Waals surface area (Å²) in [5.41, 5.74) is 7.92. The number of methoxy groups -OCH3 is 2. The zero-order valence-electron chi connectivity index (χ0n) is 12.5. The van der Waals surface area contributed by atoms with Gasteiger partial charge >= 0.3 is 0 Å². The van der Waals surface area contributed by atoms with Gasteiger partial charge in [0.1, 0.15) is 5.84 Å². The van der Waals surface area contributed by atoms with Crippen LogP contribution in [-0.4, -0.2) is 32.4 Å². The number of anilines is 1. The van der Waals surface area contributed by atoms with Crippen LogP contribution in [0, 0.1) is 0 Å². The Morgan fingerprint density at radius 2 is 2.00 bits per heavy atom. The molecule has 2 aliphatic heterocycles. The largest absolute Gasteiger partial charge is 0.493 e. The van der Waals surface area contributed by atoms with E-state index in [1.54, 1.807) is 20.3 Å². The highest BCUT2D eigenvalue weighted by molar-refractivity contribution is 6.12. The Hall–Kier alpha value is -2.76. The monoisotopic (exact) mass is 299 g/mol. The second-order valence-electron chi connectivity index (χ2n) is 5.05. The smallest absolute Gasteiger partial charge is 0.170 e. The molecular weight excluding hydrogens is 282 g/mol. The third kappa shape index (κ3) is 2.43. The number of ketones is 1. The lowest BCUT2D eigenvalue weighted by Gasteiger charge is -2.28. The molecule has 1 aromatic carbocycles. The van der Waals surface area contributed by atoms with Crippen LogP contribution in [0.2, 0.25) is 0 Å². The number of ether oxygens (including phenoxy) is 2. The molecule has 0 radical (unpaired) electrons. The second kappa shape index (κ2) is 5.55. The Kier molecular flexibility index (Phi) is 3.58. The van der Waals surface area contributed by atoms with Crippen molar-refractivity contribution in [2.75, 3.05) is 25.7 Å². The molecule has 114 valence electrons. The predicted octanol–water partition coefficient (Wildman–Crippen LogP) is 1.62.